The van der Waals surface area contributed by atoms with Gasteiger partial charge in [-0.1, -0.05) is 44.1 Å². The van der Waals surface area contributed by atoms with E-state index in [0.717, 1.165) is 0 Å². The van der Waals surface area contributed by atoms with Gasteiger partial charge in [0.25, 0.3) is 0 Å². The van der Waals surface area contributed by atoms with Crippen molar-refractivity contribution in [2.45, 2.75) is 50.7 Å². The molecule has 0 aromatic carbocycles. The summed E-state index contributed by atoms with van der Waals surface area (Å²) in [5, 5.41) is 0.930. The molecule has 1 aliphatic heterocycles. The Morgan fingerprint density at radius 2 is 2.20 bits per heavy atom. The first-order chi connectivity index (χ1) is 7.24. The van der Waals surface area contributed by atoms with Crippen LogP contribution in [0.3, 0.4) is 0 Å². The van der Waals surface area contributed by atoms with Crippen molar-refractivity contribution in [3.63, 3.8) is 0 Å². The molecule has 84 valence electrons. The summed E-state index contributed by atoms with van der Waals surface area (Å²) in [5.74, 6) is 0. The predicted molar refractivity (Wildman–Crippen MR) is 71.8 cm³/mol. The molecule has 2 atom stereocenters. The normalized spacial score (nSPS) is 26.7. The highest BCUT2D eigenvalue weighted by Crippen LogP contribution is 2.28. The molecule has 0 unspecified atom stereocenters. The minimum Gasteiger partial charge on any atom is -0.275 e. The van der Waals surface area contributed by atoms with Gasteiger partial charge in [-0.25, -0.2) is 0 Å². The zero-order valence-corrected chi connectivity index (χ0v) is 10.8. The molecule has 0 fully saturated rings. The number of unbranched alkanes of at least 4 members (excludes halogenated alkanes) is 2. The number of hydrogen-bond acceptors (Lipinski definition) is 2. The number of nitrogens with zero attached hydrogens (tertiary/aromatic N) is 1. The molecule has 0 aromatic heterocycles. The van der Waals surface area contributed by atoms with Gasteiger partial charge in [0.2, 0.25) is 0 Å². The third-order valence-corrected chi connectivity index (χ3v) is 3.80. The molecular weight excluding hydrogens is 202 g/mol. The topological polar surface area (TPSA) is 12.4 Å². The summed E-state index contributed by atoms with van der Waals surface area (Å²) in [6, 6.07) is 0. The number of hydrogen-bond donors (Lipinski definition) is 0. The molecule has 0 bridgehead atoms. The highest BCUT2D eigenvalue weighted by molar-refractivity contribution is 8.01. The van der Waals surface area contributed by atoms with Gasteiger partial charge < -0.3 is 0 Å². The average Bonchev–Trinajstić information content (AvgIpc) is 2.52. The molecule has 0 saturated heterocycles. The van der Waals surface area contributed by atoms with Crippen molar-refractivity contribution in [3.8, 4) is 0 Å². The van der Waals surface area contributed by atoms with Crippen LogP contribution < -0.4 is 0 Å². The minimum absolute atomic E-state index is 0.343. The Kier molecular flexibility index (Phi) is 5.77. The Balaban J connectivity index is 2.25. The van der Waals surface area contributed by atoms with Crippen LogP contribution in [0.5, 0.6) is 0 Å². The van der Waals surface area contributed by atoms with Crippen LogP contribution in [-0.2, 0) is 0 Å². The second-order valence-electron chi connectivity index (χ2n) is 3.89. The Morgan fingerprint density at radius 1 is 1.40 bits per heavy atom. The Labute approximate surface area is 97.8 Å². The first-order valence-electron chi connectivity index (χ1n) is 5.77. The summed E-state index contributed by atoms with van der Waals surface area (Å²) in [6.45, 7) is 6.55. The van der Waals surface area contributed by atoms with Crippen LogP contribution in [0.25, 0.3) is 0 Å². The van der Waals surface area contributed by atoms with E-state index >= 15 is 0 Å². The Morgan fingerprint density at radius 3 is 2.80 bits per heavy atom. The van der Waals surface area contributed by atoms with Crippen LogP contribution >= 0.6 is 11.8 Å². The number of aliphatic imine (C=N–C) groups is 1. The van der Waals surface area contributed by atoms with Crippen molar-refractivity contribution < 1.29 is 0 Å². The van der Waals surface area contributed by atoms with Gasteiger partial charge in [-0.3, -0.25) is 4.99 Å². The van der Waals surface area contributed by atoms with Crippen LogP contribution in [0, 0.1) is 0 Å². The van der Waals surface area contributed by atoms with Crippen molar-refractivity contribution in [1.82, 2.24) is 0 Å². The summed E-state index contributed by atoms with van der Waals surface area (Å²) in [5.41, 5.74) is 1.27. The Bertz CT molecular complexity index is 266. The molecule has 1 aliphatic rings. The van der Waals surface area contributed by atoms with Gasteiger partial charge in [0.05, 0.1) is 0 Å². The maximum Gasteiger partial charge on any atom is 0.114 e. The van der Waals surface area contributed by atoms with Crippen molar-refractivity contribution >= 4 is 17.5 Å². The molecule has 15 heavy (non-hydrogen) atoms. The lowest BCUT2D eigenvalue weighted by Gasteiger charge is -2.00. The van der Waals surface area contributed by atoms with Gasteiger partial charge in [0.15, 0.2) is 0 Å². The average molecular weight is 223 g/mol. The van der Waals surface area contributed by atoms with E-state index in [2.05, 4.69) is 50.1 Å². The summed E-state index contributed by atoms with van der Waals surface area (Å²) >= 11 is 1.92. The molecule has 0 N–H and O–H groups in total. The van der Waals surface area contributed by atoms with Crippen molar-refractivity contribution in [2.75, 3.05) is 0 Å². The minimum atomic E-state index is 0.343. The SMILES string of the molecule is CCCC/C=C/C=C/[C@@H]1N=C(C)[C@H](C)S1. The highest BCUT2D eigenvalue weighted by atomic mass is 32.2. The summed E-state index contributed by atoms with van der Waals surface area (Å²) in [7, 11) is 0. The summed E-state index contributed by atoms with van der Waals surface area (Å²) < 4.78 is 0. The number of thioether (sulfide) groups is 1. The van der Waals surface area contributed by atoms with Gasteiger partial charge in [-0.15, -0.1) is 11.8 Å². The van der Waals surface area contributed by atoms with Crippen LogP contribution in [0.2, 0.25) is 0 Å². The Hall–Kier alpha value is -0.500. The number of rotatable bonds is 5. The van der Waals surface area contributed by atoms with Crippen LogP contribution in [0.15, 0.2) is 29.3 Å². The molecular formula is C13H21NS. The largest absolute Gasteiger partial charge is 0.275 e. The van der Waals surface area contributed by atoms with E-state index < -0.39 is 0 Å². The van der Waals surface area contributed by atoms with E-state index in [1.807, 2.05) is 11.8 Å². The summed E-state index contributed by atoms with van der Waals surface area (Å²) in [6.07, 6.45) is 12.4. The maximum absolute atomic E-state index is 4.56. The molecule has 0 spiro atoms. The molecule has 0 aromatic rings. The molecule has 1 heterocycles. The smallest absolute Gasteiger partial charge is 0.114 e. The van der Waals surface area contributed by atoms with Crippen molar-refractivity contribution in [2.24, 2.45) is 4.99 Å². The van der Waals surface area contributed by atoms with E-state index in [1.165, 1.54) is 25.0 Å². The quantitative estimate of drug-likeness (QED) is 0.502. The second-order valence-corrected chi connectivity index (χ2v) is 5.36. The molecule has 0 saturated carbocycles. The third-order valence-electron chi connectivity index (χ3n) is 2.51. The first-order valence-corrected chi connectivity index (χ1v) is 6.71. The third kappa shape index (κ3) is 4.70. The van der Waals surface area contributed by atoms with Crippen LogP contribution in [0.4, 0.5) is 0 Å². The van der Waals surface area contributed by atoms with Gasteiger partial charge in [-0.05, 0) is 20.3 Å². The first kappa shape index (κ1) is 12.6. The molecule has 0 amide bonds. The monoisotopic (exact) mass is 223 g/mol. The molecule has 1 rings (SSSR count). The highest BCUT2D eigenvalue weighted by Gasteiger charge is 2.19. The van der Waals surface area contributed by atoms with Crippen LogP contribution in [0.1, 0.15) is 40.0 Å². The van der Waals surface area contributed by atoms with Gasteiger partial charge in [0.1, 0.15) is 5.37 Å². The van der Waals surface area contributed by atoms with E-state index in [-0.39, 0.29) is 0 Å². The fraction of sp³-hybridized carbons (Fsp3) is 0.615. The van der Waals surface area contributed by atoms with Crippen molar-refractivity contribution in [1.29, 1.82) is 0 Å². The second kappa shape index (κ2) is 6.89. The van der Waals surface area contributed by atoms with E-state index in [4.69, 9.17) is 0 Å². The fourth-order valence-electron chi connectivity index (χ4n) is 1.39. The van der Waals surface area contributed by atoms with E-state index in [9.17, 15) is 0 Å². The number of allylic oxidation sites excluding steroid dienone is 3. The van der Waals surface area contributed by atoms with Gasteiger partial charge in [-0.2, -0.15) is 0 Å². The predicted octanol–water partition coefficient (Wildman–Crippen LogP) is 4.21. The fourth-order valence-corrected chi connectivity index (χ4v) is 2.47. The summed E-state index contributed by atoms with van der Waals surface area (Å²) in [4.78, 5) is 4.56. The van der Waals surface area contributed by atoms with E-state index in [1.54, 1.807) is 0 Å². The zero-order valence-electron chi connectivity index (χ0n) is 9.94. The van der Waals surface area contributed by atoms with Gasteiger partial charge >= 0.3 is 0 Å². The zero-order chi connectivity index (χ0) is 11.1. The molecule has 1 nitrogen and oxygen atoms in total. The molecule has 0 radical (unpaired) electrons. The van der Waals surface area contributed by atoms with Gasteiger partial charge in [0, 0.05) is 11.0 Å². The standard InChI is InChI=1S/C13H21NS/c1-4-5-6-7-8-9-10-13-14-11(2)12(3)15-13/h7-10,12-13H,4-6H2,1-3H3/b8-7+,10-9+/t12-,13+/m0/s1. The maximum atomic E-state index is 4.56. The molecule has 2 heteroatoms. The van der Waals surface area contributed by atoms with Crippen molar-refractivity contribution in [3.05, 3.63) is 24.3 Å². The lowest BCUT2D eigenvalue weighted by atomic mass is 10.2. The van der Waals surface area contributed by atoms with Crippen LogP contribution in [-0.4, -0.2) is 16.3 Å². The molecule has 0 aliphatic carbocycles. The lowest BCUT2D eigenvalue weighted by molar-refractivity contribution is 0.815. The van der Waals surface area contributed by atoms with E-state index in [0.29, 0.717) is 10.6 Å². The lowest BCUT2D eigenvalue weighted by Crippen LogP contribution is -2.01.